The van der Waals surface area contributed by atoms with Crippen molar-refractivity contribution >= 4 is 26.7 Å². The molecule has 1 unspecified atom stereocenters. The number of aryl methyl sites for hydroxylation is 2. The number of fused-ring (bicyclic) bond motifs is 1. The summed E-state index contributed by atoms with van der Waals surface area (Å²) in [4.78, 5) is 9.38. The van der Waals surface area contributed by atoms with Crippen LogP contribution in [0, 0.1) is 12.8 Å². The van der Waals surface area contributed by atoms with E-state index in [2.05, 4.69) is 47.0 Å². The molecule has 1 atom stereocenters. The molecule has 1 aliphatic rings. The zero-order valence-electron chi connectivity index (χ0n) is 14.0. The highest BCUT2D eigenvalue weighted by atomic mass is 32.1. The van der Waals surface area contributed by atoms with Gasteiger partial charge < -0.3 is 14.6 Å². The molecule has 0 saturated carbocycles. The van der Waals surface area contributed by atoms with Crippen LogP contribution in [0.15, 0.2) is 30.6 Å². The molecule has 1 fully saturated rings. The van der Waals surface area contributed by atoms with E-state index in [9.17, 15) is 0 Å². The predicted octanol–water partition coefficient (Wildman–Crippen LogP) is 3.92. The lowest BCUT2D eigenvalue weighted by molar-refractivity contribution is 0.0594. The van der Waals surface area contributed by atoms with Crippen molar-refractivity contribution in [3.8, 4) is 0 Å². The SMILES string of the molecule is Cc1cccc2nc(NC(c3nccn3C)C3CCOCC3)sc12. The summed E-state index contributed by atoms with van der Waals surface area (Å²) in [6.45, 7) is 3.79. The zero-order chi connectivity index (χ0) is 16.5. The van der Waals surface area contributed by atoms with Crippen molar-refractivity contribution in [2.75, 3.05) is 18.5 Å². The summed E-state index contributed by atoms with van der Waals surface area (Å²) in [7, 11) is 2.05. The van der Waals surface area contributed by atoms with Crippen molar-refractivity contribution in [3.63, 3.8) is 0 Å². The molecule has 0 aliphatic carbocycles. The number of nitrogens with zero attached hydrogens (tertiary/aromatic N) is 3. The highest BCUT2D eigenvalue weighted by Gasteiger charge is 2.29. The van der Waals surface area contributed by atoms with E-state index in [1.807, 2.05) is 12.4 Å². The number of anilines is 1. The van der Waals surface area contributed by atoms with Crippen molar-refractivity contribution in [1.82, 2.24) is 14.5 Å². The van der Waals surface area contributed by atoms with Crippen molar-refractivity contribution in [3.05, 3.63) is 42.0 Å². The number of ether oxygens (including phenoxy) is 1. The minimum Gasteiger partial charge on any atom is -0.381 e. The molecule has 5 nitrogen and oxygen atoms in total. The molecule has 4 rings (SSSR count). The van der Waals surface area contributed by atoms with Crippen LogP contribution in [0.3, 0.4) is 0 Å². The Morgan fingerprint density at radius 3 is 2.88 bits per heavy atom. The first kappa shape index (κ1) is 15.6. The van der Waals surface area contributed by atoms with Crippen molar-refractivity contribution < 1.29 is 4.74 Å². The first-order valence-corrected chi connectivity index (χ1v) is 9.21. The Bertz CT molecular complexity index is 835. The third-order valence-corrected chi connectivity index (χ3v) is 5.90. The van der Waals surface area contributed by atoms with Crippen molar-refractivity contribution in [1.29, 1.82) is 0 Å². The lowest BCUT2D eigenvalue weighted by atomic mass is 9.91. The molecule has 1 aliphatic heterocycles. The van der Waals surface area contributed by atoms with Crippen LogP contribution in [0.5, 0.6) is 0 Å². The Morgan fingerprint density at radius 2 is 2.17 bits per heavy atom. The third kappa shape index (κ3) is 2.91. The Kier molecular flexibility index (Phi) is 4.24. The predicted molar refractivity (Wildman–Crippen MR) is 97.5 cm³/mol. The van der Waals surface area contributed by atoms with E-state index in [1.54, 1.807) is 11.3 Å². The second kappa shape index (κ2) is 6.53. The van der Waals surface area contributed by atoms with Crippen LogP contribution >= 0.6 is 11.3 Å². The fourth-order valence-electron chi connectivity index (χ4n) is 3.40. The average Bonchev–Trinajstić information content (AvgIpc) is 3.20. The summed E-state index contributed by atoms with van der Waals surface area (Å²) in [5.74, 6) is 1.57. The number of imidazole rings is 1. The molecule has 2 aromatic heterocycles. The standard InChI is InChI=1S/C18H22N4OS/c1-12-4-3-5-14-16(12)24-18(20-14)21-15(13-6-10-23-11-7-13)17-19-8-9-22(17)2/h3-5,8-9,13,15H,6-7,10-11H2,1-2H3,(H,20,21). The molecule has 3 aromatic rings. The van der Waals surface area contributed by atoms with Crippen LogP contribution in [-0.4, -0.2) is 27.7 Å². The lowest BCUT2D eigenvalue weighted by Gasteiger charge is -2.30. The highest BCUT2D eigenvalue weighted by Crippen LogP contribution is 2.35. The van der Waals surface area contributed by atoms with E-state index < -0.39 is 0 Å². The summed E-state index contributed by atoms with van der Waals surface area (Å²) < 4.78 is 8.90. The molecular weight excluding hydrogens is 320 g/mol. The van der Waals surface area contributed by atoms with Crippen LogP contribution in [0.1, 0.15) is 30.3 Å². The van der Waals surface area contributed by atoms with Gasteiger partial charge in [-0.1, -0.05) is 23.5 Å². The average molecular weight is 342 g/mol. The van der Waals surface area contributed by atoms with Crippen LogP contribution < -0.4 is 5.32 Å². The Morgan fingerprint density at radius 1 is 1.33 bits per heavy atom. The molecule has 126 valence electrons. The van der Waals surface area contributed by atoms with E-state index in [1.165, 1.54) is 10.3 Å². The largest absolute Gasteiger partial charge is 0.381 e. The summed E-state index contributed by atoms with van der Waals surface area (Å²) in [5.41, 5.74) is 2.34. The van der Waals surface area contributed by atoms with Crippen LogP contribution in [-0.2, 0) is 11.8 Å². The normalized spacial score (nSPS) is 17.2. The molecule has 6 heteroatoms. The zero-order valence-corrected chi connectivity index (χ0v) is 14.8. The van der Waals surface area contributed by atoms with Gasteiger partial charge in [-0.25, -0.2) is 9.97 Å². The van der Waals surface area contributed by atoms with E-state index in [0.717, 1.165) is 42.5 Å². The minimum absolute atomic E-state index is 0.162. The van der Waals surface area contributed by atoms with E-state index in [0.29, 0.717) is 5.92 Å². The van der Waals surface area contributed by atoms with Gasteiger partial charge in [0.05, 0.1) is 16.3 Å². The summed E-state index contributed by atoms with van der Waals surface area (Å²) in [6.07, 6.45) is 5.97. The lowest BCUT2D eigenvalue weighted by Crippen LogP contribution is -2.29. The van der Waals surface area contributed by atoms with Gasteiger partial charge in [-0.2, -0.15) is 0 Å². The van der Waals surface area contributed by atoms with Gasteiger partial charge in [0.1, 0.15) is 5.82 Å². The monoisotopic (exact) mass is 342 g/mol. The van der Waals surface area contributed by atoms with Gasteiger partial charge in [-0.05, 0) is 37.3 Å². The number of hydrogen-bond donors (Lipinski definition) is 1. The highest BCUT2D eigenvalue weighted by molar-refractivity contribution is 7.22. The minimum atomic E-state index is 0.162. The van der Waals surface area contributed by atoms with Crippen molar-refractivity contribution in [2.24, 2.45) is 13.0 Å². The first-order chi connectivity index (χ1) is 11.7. The molecule has 1 aromatic carbocycles. The van der Waals surface area contributed by atoms with Gasteiger partial charge in [0.15, 0.2) is 5.13 Å². The maximum absolute atomic E-state index is 5.54. The fraction of sp³-hybridized carbons (Fsp3) is 0.444. The van der Waals surface area contributed by atoms with Gasteiger partial charge in [-0.3, -0.25) is 0 Å². The topological polar surface area (TPSA) is 52.0 Å². The smallest absolute Gasteiger partial charge is 0.184 e. The van der Waals surface area contributed by atoms with Crippen LogP contribution in [0.2, 0.25) is 0 Å². The molecule has 1 N–H and O–H groups in total. The van der Waals surface area contributed by atoms with E-state index >= 15 is 0 Å². The molecular formula is C18H22N4OS. The first-order valence-electron chi connectivity index (χ1n) is 8.40. The molecule has 0 bridgehead atoms. The maximum Gasteiger partial charge on any atom is 0.184 e. The molecule has 24 heavy (non-hydrogen) atoms. The maximum atomic E-state index is 5.54. The van der Waals surface area contributed by atoms with Gasteiger partial charge in [0.25, 0.3) is 0 Å². The van der Waals surface area contributed by atoms with Gasteiger partial charge >= 0.3 is 0 Å². The number of rotatable bonds is 4. The number of thiazole rings is 1. The third-order valence-electron chi connectivity index (χ3n) is 4.76. The second-order valence-electron chi connectivity index (χ2n) is 6.41. The van der Waals surface area contributed by atoms with Gasteiger partial charge in [-0.15, -0.1) is 0 Å². The number of benzene rings is 1. The summed E-state index contributed by atoms with van der Waals surface area (Å²) in [6, 6.07) is 6.44. The van der Waals surface area contributed by atoms with E-state index in [-0.39, 0.29) is 6.04 Å². The number of nitrogens with one attached hydrogen (secondary N) is 1. The van der Waals surface area contributed by atoms with Gasteiger partial charge in [0.2, 0.25) is 0 Å². The summed E-state index contributed by atoms with van der Waals surface area (Å²) in [5, 5.41) is 4.65. The van der Waals surface area contributed by atoms with Crippen LogP contribution in [0.4, 0.5) is 5.13 Å². The fourth-order valence-corrected chi connectivity index (χ4v) is 4.37. The summed E-state index contributed by atoms with van der Waals surface area (Å²) >= 11 is 1.73. The Hall–Kier alpha value is -1.92. The van der Waals surface area contributed by atoms with E-state index in [4.69, 9.17) is 9.72 Å². The molecule has 0 amide bonds. The van der Waals surface area contributed by atoms with Crippen LogP contribution in [0.25, 0.3) is 10.2 Å². The second-order valence-corrected chi connectivity index (χ2v) is 7.41. The number of hydrogen-bond acceptors (Lipinski definition) is 5. The Balaban J connectivity index is 1.67. The molecule has 0 spiro atoms. The molecule has 0 radical (unpaired) electrons. The number of aromatic nitrogens is 3. The van der Waals surface area contributed by atoms with Crippen molar-refractivity contribution in [2.45, 2.75) is 25.8 Å². The molecule has 3 heterocycles. The Labute approximate surface area is 145 Å². The quantitative estimate of drug-likeness (QED) is 0.781. The molecule has 1 saturated heterocycles. The van der Waals surface area contributed by atoms with Gasteiger partial charge in [0, 0.05) is 32.7 Å².